The SMILES string of the molecule is Cc1ncc(S(=O)(=O)NCC2(N)CCCCC2)s1.Cl. The fourth-order valence-electron chi connectivity index (χ4n) is 2.21. The van der Waals surface area contributed by atoms with E-state index in [1.165, 1.54) is 24.0 Å². The lowest BCUT2D eigenvalue weighted by Gasteiger charge is -2.33. The summed E-state index contributed by atoms with van der Waals surface area (Å²) in [5, 5.41) is 0.746. The first kappa shape index (κ1) is 16.8. The average molecular weight is 326 g/mol. The Labute approximate surface area is 124 Å². The number of nitrogens with two attached hydrogens (primary N) is 1. The maximum absolute atomic E-state index is 12.0. The van der Waals surface area contributed by atoms with Gasteiger partial charge in [-0.15, -0.1) is 23.7 Å². The molecule has 0 aromatic carbocycles. The van der Waals surface area contributed by atoms with Crippen LogP contribution in [0.25, 0.3) is 0 Å². The van der Waals surface area contributed by atoms with Crippen molar-refractivity contribution in [2.24, 2.45) is 5.73 Å². The summed E-state index contributed by atoms with van der Waals surface area (Å²) in [5.41, 5.74) is 5.83. The molecular formula is C11H20ClN3O2S2. The normalized spacial score (nSPS) is 18.8. The molecule has 0 radical (unpaired) electrons. The molecule has 1 saturated carbocycles. The number of halogens is 1. The number of hydrogen-bond donors (Lipinski definition) is 2. The fraction of sp³-hybridized carbons (Fsp3) is 0.727. The van der Waals surface area contributed by atoms with Crippen LogP contribution in [0.4, 0.5) is 0 Å². The zero-order valence-corrected chi connectivity index (χ0v) is 13.3. The molecule has 0 saturated heterocycles. The fourth-order valence-corrected chi connectivity index (χ4v) is 4.50. The average Bonchev–Trinajstić information content (AvgIpc) is 2.76. The molecule has 0 aliphatic heterocycles. The Kier molecular flexibility index (Phi) is 5.76. The van der Waals surface area contributed by atoms with Crippen molar-refractivity contribution in [3.8, 4) is 0 Å². The van der Waals surface area contributed by atoms with Crippen molar-refractivity contribution in [3.63, 3.8) is 0 Å². The van der Waals surface area contributed by atoms with Crippen molar-refractivity contribution in [2.45, 2.75) is 48.8 Å². The molecule has 3 N–H and O–H groups in total. The van der Waals surface area contributed by atoms with Gasteiger partial charge in [0.1, 0.15) is 0 Å². The van der Waals surface area contributed by atoms with E-state index in [1.807, 2.05) is 0 Å². The highest BCUT2D eigenvalue weighted by Gasteiger charge is 2.29. The highest BCUT2D eigenvalue weighted by molar-refractivity contribution is 7.91. The van der Waals surface area contributed by atoms with E-state index in [2.05, 4.69) is 9.71 Å². The molecule has 0 atom stereocenters. The maximum atomic E-state index is 12.0. The van der Waals surface area contributed by atoms with Gasteiger partial charge < -0.3 is 5.73 Å². The van der Waals surface area contributed by atoms with Crippen molar-refractivity contribution >= 4 is 33.8 Å². The van der Waals surface area contributed by atoms with E-state index in [0.717, 1.165) is 30.7 Å². The Balaban J connectivity index is 0.00000180. The number of thiazole rings is 1. The molecule has 0 unspecified atom stereocenters. The summed E-state index contributed by atoms with van der Waals surface area (Å²) in [6.45, 7) is 2.10. The predicted molar refractivity (Wildman–Crippen MR) is 79.3 cm³/mol. The second-order valence-corrected chi connectivity index (χ2v) is 8.17. The van der Waals surface area contributed by atoms with Gasteiger partial charge in [-0.2, -0.15) is 0 Å². The molecule has 8 heteroatoms. The number of aromatic nitrogens is 1. The standard InChI is InChI=1S/C11H19N3O2S2.ClH/c1-9-13-7-10(17-9)18(15,16)14-8-11(12)5-3-2-4-6-11;/h7,14H,2-6,8,12H2,1H3;1H. The molecule has 1 aromatic rings. The van der Waals surface area contributed by atoms with Gasteiger partial charge >= 0.3 is 0 Å². The summed E-state index contributed by atoms with van der Waals surface area (Å²) in [7, 11) is -3.45. The molecule has 1 aromatic heterocycles. The molecule has 0 bridgehead atoms. The van der Waals surface area contributed by atoms with Gasteiger partial charge in [-0.25, -0.2) is 18.1 Å². The molecule has 0 amide bonds. The molecular weight excluding hydrogens is 306 g/mol. The van der Waals surface area contributed by atoms with Crippen LogP contribution in [0.2, 0.25) is 0 Å². The second kappa shape index (κ2) is 6.49. The minimum atomic E-state index is -3.45. The van der Waals surface area contributed by atoms with Gasteiger partial charge in [-0.3, -0.25) is 0 Å². The molecule has 0 spiro atoms. The van der Waals surface area contributed by atoms with Crippen LogP contribution >= 0.6 is 23.7 Å². The summed E-state index contributed by atoms with van der Waals surface area (Å²) in [6, 6.07) is 0. The number of rotatable bonds is 4. The third kappa shape index (κ3) is 4.39. The lowest BCUT2D eigenvalue weighted by molar-refractivity contribution is 0.296. The Morgan fingerprint density at radius 3 is 2.58 bits per heavy atom. The monoisotopic (exact) mass is 325 g/mol. The van der Waals surface area contributed by atoms with Crippen LogP contribution in [-0.2, 0) is 10.0 Å². The van der Waals surface area contributed by atoms with Gasteiger partial charge in [0.25, 0.3) is 10.0 Å². The van der Waals surface area contributed by atoms with Crippen LogP contribution in [0.3, 0.4) is 0 Å². The van der Waals surface area contributed by atoms with E-state index < -0.39 is 10.0 Å². The van der Waals surface area contributed by atoms with Gasteiger partial charge in [0, 0.05) is 12.1 Å². The van der Waals surface area contributed by atoms with Crippen LogP contribution in [0.1, 0.15) is 37.1 Å². The Morgan fingerprint density at radius 2 is 2.05 bits per heavy atom. The summed E-state index contributed by atoms with van der Waals surface area (Å²) >= 11 is 1.18. The van der Waals surface area contributed by atoms with E-state index in [9.17, 15) is 8.42 Å². The van der Waals surface area contributed by atoms with Crippen molar-refractivity contribution < 1.29 is 8.42 Å². The first-order valence-corrected chi connectivity index (χ1v) is 8.42. The Morgan fingerprint density at radius 1 is 1.42 bits per heavy atom. The third-order valence-corrected chi connectivity index (χ3v) is 6.10. The van der Waals surface area contributed by atoms with Crippen molar-refractivity contribution in [1.29, 1.82) is 0 Å². The third-order valence-electron chi connectivity index (χ3n) is 3.33. The first-order valence-electron chi connectivity index (χ1n) is 6.12. The highest BCUT2D eigenvalue weighted by Crippen LogP contribution is 2.26. The summed E-state index contributed by atoms with van der Waals surface area (Å²) < 4.78 is 26.9. The predicted octanol–water partition coefficient (Wildman–Crippen LogP) is 1.81. The topological polar surface area (TPSA) is 85.1 Å². The summed E-state index contributed by atoms with van der Waals surface area (Å²) in [4.78, 5) is 3.96. The van der Waals surface area contributed by atoms with E-state index in [4.69, 9.17) is 5.73 Å². The lowest BCUT2D eigenvalue weighted by Crippen LogP contribution is -2.51. The summed E-state index contributed by atoms with van der Waals surface area (Å²) in [6.07, 6.45) is 6.52. The van der Waals surface area contributed by atoms with Crippen molar-refractivity contribution in [2.75, 3.05) is 6.54 Å². The molecule has 110 valence electrons. The van der Waals surface area contributed by atoms with Crippen LogP contribution in [0, 0.1) is 6.92 Å². The zero-order chi connectivity index (χ0) is 13.2. The van der Waals surface area contributed by atoms with Gasteiger partial charge in [0.05, 0.1) is 11.2 Å². The number of sulfonamides is 1. The molecule has 19 heavy (non-hydrogen) atoms. The number of hydrogen-bond acceptors (Lipinski definition) is 5. The number of nitrogens with one attached hydrogen (secondary N) is 1. The number of nitrogens with zero attached hydrogens (tertiary/aromatic N) is 1. The lowest BCUT2D eigenvalue weighted by atomic mass is 9.83. The molecule has 1 aliphatic rings. The Hall–Kier alpha value is -0.210. The van der Waals surface area contributed by atoms with E-state index in [0.29, 0.717) is 6.54 Å². The smallest absolute Gasteiger partial charge is 0.251 e. The van der Waals surface area contributed by atoms with E-state index >= 15 is 0 Å². The Bertz CT molecular complexity index is 510. The summed E-state index contributed by atoms with van der Waals surface area (Å²) in [5.74, 6) is 0. The largest absolute Gasteiger partial charge is 0.324 e. The first-order chi connectivity index (χ1) is 8.41. The van der Waals surface area contributed by atoms with Gasteiger partial charge in [0.2, 0.25) is 0 Å². The van der Waals surface area contributed by atoms with Crippen molar-refractivity contribution in [1.82, 2.24) is 9.71 Å². The zero-order valence-electron chi connectivity index (χ0n) is 10.9. The molecule has 5 nitrogen and oxygen atoms in total. The van der Waals surface area contributed by atoms with Crippen LogP contribution in [0.5, 0.6) is 0 Å². The second-order valence-electron chi connectivity index (χ2n) is 4.95. The van der Waals surface area contributed by atoms with Crippen molar-refractivity contribution in [3.05, 3.63) is 11.2 Å². The van der Waals surface area contributed by atoms with Crippen LogP contribution < -0.4 is 10.5 Å². The minimum absolute atomic E-state index is 0. The van der Waals surface area contributed by atoms with Gasteiger partial charge in [-0.05, 0) is 19.8 Å². The van der Waals surface area contributed by atoms with Gasteiger partial charge in [0.15, 0.2) is 4.21 Å². The highest BCUT2D eigenvalue weighted by atomic mass is 35.5. The maximum Gasteiger partial charge on any atom is 0.251 e. The molecule has 1 aliphatic carbocycles. The number of aryl methyl sites for hydroxylation is 1. The van der Waals surface area contributed by atoms with E-state index in [-0.39, 0.29) is 22.2 Å². The minimum Gasteiger partial charge on any atom is -0.324 e. The van der Waals surface area contributed by atoms with E-state index in [1.54, 1.807) is 6.92 Å². The quantitative estimate of drug-likeness (QED) is 0.884. The molecule has 1 fully saturated rings. The molecule has 1 heterocycles. The van der Waals surface area contributed by atoms with Gasteiger partial charge in [-0.1, -0.05) is 19.3 Å². The molecule has 2 rings (SSSR count). The van der Waals surface area contributed by atoms with Crippen LogP contribution in [0.15, 0.2) is 10.4 Å². The van der Waals surface area contributed by atoms with Crippen LogP contribution in [-0.4, -0.2) is 25.5 Å².